The van der Waals surface area contributed by atoms with Gasteiger partial charge < -0.3 is 14.8 Å². The second-order valence-electron chi connectivity index (χ2n) is 4.69. The molecule has 7 heteroatoms. The van der Waals surface area contributed by atoms with Crippen molar-refractivity contribution in [2.24, 2.45) is 0 Å². The molecule has 0 saturated carbocycles. The lowest BCUT2D eigenvalue weighted by Crippen LogP contribution is -2.34. The molecule has 0 radical (unpaired) electrons. The maximum absolute atomic E-state index is 13.6. The van der Waals surface area contributed by atoms with Crippen molar-refractivity contribution in [1.29, 1.82) is 0 Å². The van der Waals surface area contributed by atoms with Gasteiger partial charge in [0.1, 0.15) is 5.82 Å². The van der Waals surface area contributed by atoms with Gasteiger partial charge in [0, 0.05) is 11.6 Å². The molecule has 114 valence electrons. The fourth-order valence-electron chi connectivity index (χ4n) is 1.89. The summed E-state index contributed by atoms with van der Waals surface area (Å²) in [5.41, 5.74) is -0.0237. The predicted molar refractivity (Wildman–Crippen MR) is 74.6 cm³/mol. The Morgan fingerprint density at radius 1 is 1.52 bits per heavy atom. The van der Waals surface area contributed by atoms with Crippen LogP contribution in [0.2, 0.25) is 5.02 Å². The summed E-state index contributed by atoms with van der Waals surface area (Å²) in [4.78, 5) is 23.6. The van der Waals surface area contributed by atoms with E-state index in [4.69, 9.17) is 21.1 Å². The maximum atomic E-state index is 13.6. The lowest BCUT2D eigenvalue weighted by atomic mass is 10.2. The van der Waals surface area contributed by atoms with E-state index in [1.54, 1.807) is 0 Å². The number of nitrogens with one attached hydrogen (secondary N) is 1. The zero-order valence-electron chi connectivity index (χ0n) is 11.4. The third kappa shape index (κ3) is 4.15. The minimum absolute atomic E-state index is 0.0237. The predicted octanol–water partition coefficient (Wildman–Crippen LogP) is 2.53. The summed E-state index contributed by atoms with van der Waals surface area (Å²) < 4.78 is 23.7. The summed E-state index contributed by atoms with van der Waals surface area (Å²) in [6.07, 6.45) is -0.292. The van der Waals surface area contributed by atoms with Crippen molar-refractivity contribution in [3.05, 3.63) is 29.0 Å². The first-order valence-corrected chi connectivity index (χ1v) is 6.93. The Kier molecular flexibility index (Phi) is 5.14. The van der Waals surface area contributed by atoms with Gasteiger partial charge in [0.2, 0.25) is 0 Å². The third-order valence-corrected chi connectivity index (χ3v) is 3.28. The average Bonchev–Trinajstić information content (AvgIpc) is 2.95. The Hall–Kier alpha value is -1.66. The van der Waals surface area contributed by atoms with E-state index in [1.165, 1.54) is 19.1 Å². The van der Waals surface area contributed by atoms with Crippen LogP contribution >= 0.6 is 11.6 Å². The first-order valence-electron chi connectivity index (χ1n) is 6.55. The molecule has 1 aromatic carbocycles. The largest absolute Gasteiger partial charge is 0.451 e. The number of amides is 1. The molecular formula is C14H15ClFNO4. The van der Waals surface area contributed by atoms with Crippen LogP contribution in [0.1, 0.15) is 19.8 Å². The summed E-state index contributed by atoms with van der Waals surface area (Å²) in [6.45, 7) is 1.92. The van der Waals surface area contributed by atoms with Crippen molar-refractivity contribution < 1.29 is 23.5 Å². The first-order chi connectivity index (χ1) is 9.97. The normalized spacial score (nSPS) is 19.1. The number of benzene rings is 1. The fraction of sp³-hybridized carbons (Fsp3) is 0.429. The molecule has 1 fully saturated rings. The van der Waals surface area contributed by atoms with Crippen molar-refractivity contribution in [1.82, 2.24) is 0 Å². The van der Waals surface area contributed by atoms with E-state index in [1.807, 2.05) is 0 Å². The van der Waals surface area contributed by atoms with Crippen molar-refractivity contribution in [2.75, 3.05) is 11.9 Å². The van der Waals surface area contributed by atoms with Gasteiger partial charge >= 0.3 is 5.97 Å². The van der Waals surface area contributed by atoms with Gasteiger partial charge in [-0.1, -0.05) is 11.6 Å². The number of esters is 1. The summed E-state index contributed by atoms with van der Waals surface area (Å²) in [7, 11) is 0. The van der Waals surface area contributed by atoms with Gasteiger partial charge in [-0.2, -0.15) is 0 Å². The molecule has 0 unspecified atom stereocenters. The molecular weight excluding hydrogens is 301 g/mol. The first kappa shape index (κ1) is 15.7. The number of carbonyl (C=O) groups is 2. The summed E-state index contributed by atoms with van der Waals surface area (Å²) in [5, 5.41) is 2.57. The van der Waals surface area contributed by atoms with E-state index in [0.29, 0.717) is 13.0 Å². The van der Waals surface area contributed by atoms with Gasteiger partial charge in [-0.25, -0.2) is 9.18 Å². The van der Waals surface area contributed by atoms with Crippen LogP contribution in [0.5, 0.6) is 0 Å². The minimum Gasteiger partial charge on any atom is -0.451 e. The fourth-order valence-corrected chi connectivity index (χ4v) is 2.05. The Morgan fingerprint density at radius 3 is 2.90 bits per heavy atom. The molecule has 1 aliphatic heterocycles. The van der Waals surface area contributed by atoms with Gasteiger partial charge in [-0.05, 0) is 38.0 Å². The maximum Gasteiger partial charge on any atom is 0.336 e. The number of anilines is 1. The van der Waals surface area contributed by atoms with Gasteiger partial charge in [-0.3, -0.25) is 4.79 Å². The Balaban J connectivity index is 1.91. The van der Waals surface area contributed by atoms with E-state index < -0.39 is 29.9 Å². The van der Waals surface area contributed by atoms with E-state index >= 15 is 0 Å². The number of halogens is 2. The molecule has 5 nitrogen and oxygen atoms in total. The Morgan fingerprint density at radius 2 is 2.29 bits per heavy atom. The molecule has 1 aliphatic rings. The molecule has 0 bridgehead atoms. The molecule has 1 N–H and O–H groups in total. The third-order valence-electron chi connectivity index (χ3n) is 3.04. The molecule has 1 amide bonds. The molecule has 0 spiro atoms. The highest BCUT2D eigenvalue weighted by molar-refractivity contribution is 6.30. The molecule has 2 atom stereocenters. The van der Waals surface area contributed by atoms with Gasteiger partial charge in [-0.15, -0.1) is 0 Å². The van der Waals surface area contributed by atoms with Crippen LogP contribution in [0, 0.1) is 5.82 Å². The van der Waals surface area contributed by atoms with Crippen molar-refractivity contribution >= 4 is 29.2 Å². The van der Waals surface area contributed by atoms with E-state index in [9.17, 15) is 14.0 Å². The average molecular weight is 316 g/mol. The Labute approximate surface area is 126 Å². The zero-order valence-corrected chi connectivity index (χ0v) is 12.2. The van der Waals surface area contributed by atoms with Crippen LogP contribution in [-0.2, 0) is 19.1 Å². The highest BCUT2D eigenvalue weighted by Crippen LogP contribution is 2.19. The molecule has 0 aromatic heterocycles. The summed E-state index contributed by atoms with van der Waals surface area (Å²) in [6, 6.07) is 3.87. The SMILES string of the molecule is C[C@@H](OC(=O)[C@@H]1CCCO1)C(=O)Nc1ccc(Cl)cc1F. The topological polar surface area (TPSA) is 64.6 Å². The molecule has 1 saturated heterocycles. The highest BCUT2D eigenvalue weighted by Gasteiger charge is 2.28. The molecule has 1 heterocycles. The molecule has 0 aliphatic carbocycles. The quantitative estimate of drug-likeness (QED) is 0.867. The number of ether oxygens (including phenoxy) is 2. The van der Waals surface area contributed by atoms with Crippen LogP contribution in [0.3, 0.4) is 0 Å². The standard InChI is InChI=1S/C14H15ClFNO4/c1-8(21-14(19)12-3-2-6-20-12)13(18)17-11-5-4-9(15)7-10(11)16/h4-5,7-8,12H,2-3,6H2,1H3,(H,17,18)/t8-,12+/m1/s1. The number of hydrogen-bond acceptors (Lipinski definition) is 4. The van der Waals surface area contributed by atoms with Crippen LogP contribution < -0.4 is 5.32 Å². The van der Waals surface area contributed by atoms with Crippen molar-refractivity contribution in [2.45, 2.75) is 32.0 Å². The van der Waals surface area contributed by atoms with E-state index in [-0.39, 0.29) is 10.7 Å². The number of hydrogen-bond donors (Lipinski definition) is 1. The van der Waals surface area contributed by atoms with Crippen molar-refractivity contribution in [3.63, 3.8) is 0 Å². The number of rotatable bonds is 4. The van der Waals surface area contributed by atoms with Crippen LogP contribution in [-0.4, -0.2) is 30.7 Å². The highest BCUT2D eigenvalue weighted by atomic mass is 35.5. The monoisotopic (exact) mass is 315 g/mol. The van der Waals surface area contributed by atoms with Crippen LogP contribution in [0.4, 0.5) is 10.1 Å². The lowest BCUT2D eigenvalue weighted by molar-refractivity contribution is -0.162. The van der Waals surface area contributed by atoms with E-state index in [0.717, 1.165) is 12.5 Å². The zero-order chi connectivity index (χ0) is 15.4. The lowest BCUT2D eigenvalue weighted by Gasteiger charge is -2.16. The summed E-state index contributed by atoms with van der Waals surface area (Å²) >= 11 is 5.62. The molecule has 2 rings (SSSR count). The minimum atomic E-state index is -1.04. The number of carbonyl (C=O) groups excluding carboxylic acids is 2. The van der Waals surface area contributed by atoms with Crippen molar-refractivity contribution in [3.8, 4) is 0 Å². The van der Waals surface area contributed by atoms with Gasteiger partial charge in [0.25, 0.3) is 5.91 Å². The summed E-state index contributed by atoms with van der Waals surface area (Å²) in [5.74, 6) is -1.86. The molecule has 21 heavy (non-hydrogen) atoms. The Bertz CT molecular complexity index is 546. The van der Waals surface area contributed by atoms with Crippen LogP contribution in [0.25, 0.3) is 0 Å². The smallest absolute Gasteiger partial charge is 0.336 e. The second-order valence-corrected chi connectivity index (χ2v) is 5.13. The van der Waals surface area contributed by atoms with Crippen LogP contribution in [0.15, 0.2) is 18.2 Å². The van der Waals surface area contributed by atoms with E-state index in [2.05, 4.69) is 5.32 Å². The second kappa shape index (κ2) is 6.87. The van der Waals surface area contributed by atoms with Gasteiger partial charge in [0.15, 0.2) is 12.2 Å². The van der Waals surface area contributed by atoms with Gasteiger partial charge in [0.05, 0.1) is 5.69 Å². The molecule has 1 aromatic rings.